The summed E-state index contributed by atoms with van der Waals surface area (Å²) in [6.07, 6.45) is 0. The van der Waals surface area contributed by atoms with E-state index in [-0.39, 0.29) is 6.04 Å². The van der Waals surface area contributed by atoms with E-state index in [0.717, 1.165) is 15.6 Å². The van der Waals surface area contributed by atoms with Crippen LogP contribution in [0.3, 0.4) is 0 Å². The van der Waals surface area contributed by atoms with Crippen LogP contribution in [-0.2, 0) is 0 Å². The number of nitrogens with two attached hydrogens (primary N) is 1. The van der Waals surface area contributed by atoms with Crippen molar-refractivity contribution in [2.45, 2.75) is 13.0 Å². The lowest BCUT2D eigenvalue weighted by Gasteiger charge is -2.09. The third-order valence-corrected chi connectivity index (χ3v) is 3.28. The van der Waals surface area contributed by atoms with Gasteiger partial charge in [0.05, 0.1) is 6.04 Å². The molecule has 0 spiro atoms. The van der Waals surface area contributed by atoms with Crippen LogP contribution in [0.1, 0.15) is 24.1 Å². The molecule has 0 aliphatic carbocycles. The maximum absolute atomic E-state index is 6.00. The number of aliphatic imine (C=N–C) groups is 1. The van der Waals surface area contributed by atoms with Crippen molar-refractivity contribution in [1.29, 1.82) is 0 Å². The molecule has 0 aliphatic heterocycles. The molecule has 0 aliphatic rings. The Balaban J connectivity index is 2.20. The lowest BCUT2D eigenvalue weighted by atomic mass is 10.1. The number of hydrogen-bond donors (Lipinski definition) is 1. The molecule has 0 fully saturated rings. The van der Waals surface area contributed by atoms with Crippen molar-refractivity contribution in [3.63, 3.8) is 0 Å². The van der Waals surface area contributed by atoms with Gasteiger partial charge in [-0.3, -0.25) is 4.99 Å². The first kappa shape index (κ1) is 12.8. The highest BCUT2D eigenvalue weighted by Gasteiger charge is 2.05. The van der Waals surface area contributed by atoms with E-state index in [4.69, 9.17) is 5.73 Å². The number of halogens is 1. The molecular formula is C15H15BrN2. The van der Waals surface area contributed by atoms with Crippen molar-refractivity contribution in [3.8, 4) is 0 Å². The third kappa shape index (κ3) is 3.20. The Bertz CT molecular complexity index is 532. The average molecular weight is 303 g/mol. The number of hydrogen-bond acceptors (Lipinski definition) is 1. The summed E-state index contributed by atoms with van der Waals surface area (Å²) in [4.78, 5) is 4.53. The zero-order chi connectivity index (χ0) is 13.0. The Morgan fingerprint density at radius 1 is 1.06 bits per heavy atom. The van der Waals surface area contributed by atoms with Crippen LogP contribution in [0, 0.1) is 0 Å². The molecule has 0 saturated carbocycles. The average Bonchev–Trinajstić information content (AvgIpc) is 2.40. The summed E-state index contributed by atoms with van der Waals surface area (Å²) < 4.78 is 1.07. The molecule has 2 aromatic rings. The zero-order valence-electron chi connectivity index (χ0n) is 10.2. The molecule has 2 aromatic carbocycles. The molecule has 2 N–H and O–H groups in total. The van der Waals surface area contributed by atoms with Crippen molar-refractivity contribution in [1.82, 2.24) is 0 Å². The molecule has 0 heterocycles. The molecular weight excluding hydrogens is 288 g/mol. The van der Waals surface area contributed by atoms with Crippen molar-refractivity contribution < 1.29 is 0 Å². The molecule has 2 nitrogen and oxygen atoms in total. The van der Waals surface area contributed by atoms with Crippen LogP contribution in [0.15, 0.2) is 64.1 Å². The maximum Gasteiger partial charge on any atom is 0.126 e. The summed E-state index contributed by atoms with van der Waals surface area (Å²) >= 11 is 3.42. The quantitative estimate of drug-likeness (QED) is 0.677. The Labute approximate surface area is 116 Å². The highest BCUT2D eigenvalue weighted by Crippen LogP contribution is 2.19. The second kappa shape index (κ2) is 5.83. The third-order valence-electron chi connectivity index (χ3n) is 2.75. The van der Waals surface area contributed by atoms with Gasteiger partial charge >= 0.3 is 0 Å². The lowest BCUT2D eigenvalue weighted by Crippen LogP contribution is -2.14. The van der Waals surface area contributed by atoms with Crippen LogP contribution in [-0.4, -0.2) is 5.84 Å². The predicted molar refractivity (Wildman–Crippen MR) is 79.7 cm³/mol. The molecule has 0 amide bonds. The van der Waals surface area contributed by atoms with Crippen LogP contribution >= 0.6 is 15.9 Å². The molecule has 3 heteroatoms. The van der Waals surface area contributed by atoms with Crippen LogP contribution < -0.4 is 5.73 Å². The van der Waals surface area contributed by atoms with Gasteiger partial charge in [0.2, 0.25) is 0 Å². The number of nitrogens with zero attached hydrogens (tertiary/aromatic N) is 1. The first-order valence-corrected chi connectivity index (χ1v) is 6.60. The largest absolute Gasteiger partial charge is 0.383 e. The molecule has 1 atom stereocenters. The van der Waals surface area contributed by atoms with E-state index in [9.17, 15) is 0 Å². The van der Waals surface area contributed by atoms with Gasteiger partial charge in [-0.2, -0.15) is 0 Å². The monoisotopic (exact) mass is 302 g/mol. The van der Waals surface area contributed by atoms with Crippen molar-refractivity contribution in [3.05, 3.63) is 70.2 Å². The van der Waals surface area contributed by atoms with E-state index in [1.54, 1.807) is 0 Å². The topological polar surface area (TPSA) is 38.4 Å². The highest BCUT2D eigenvalue weighted by atomic mass is 79.9. The second-order valence-electron chi connectivity index (χ2n) is 4.11. The SMILES string of the molecule is CC(N=C(N)c1ccccc1)c1ccc(Br)cc1. The Kier molecular flexibility index (Phi) is 4.15. The molecule has 0 bridgehead atoms. The van der Waals surface area contributed by atoms with E-state index in [1.807, 2.05) is 49.4 Å². The van der Waals surface area contributed by atoms with E-state index >= 15 is 0 Å². The highest BCUT2D eigenvalue weighted by molar-refractivity contribution is 9.10. The summed E-state index contributed by atoms with van der Waals surface area (Å²) in [5.41, 5.74) is 8.11. The van der Waals surface area contributed by atoms with E-state index in [0.29, 0.717) is 5.84 Å². The van der Waals surface area contributed by atoms with Crippen LogP contribution in [0.4, 0.5) is 0 Å². The number of benzene rings is 2. The Morgan fingerprint density at radius 3 is 2.28 bits per heavy atom. The molecule has 1 unspecified atom stereocenters. The minimum atomic E-state index is 0.0540. The molecule has 2 rings (SSSR count). The number of amidine groups is 1. The molecule has 0 saturated heterocycles. The van der Waals surface area contributed by atoms with Gasteiger partial charge in [-0.15, -0.1) is 0 Å². The van der Waals surface area contributed by atoms with Crippen molar-refractivity contribution in [2.75, 3.05) is 0 Å². The van der Waals surface area contributed by atoms with Gasteiger partial charge < -0.3 is 5.73 Å². The fraction of sp³-hybridized carbons (Fsp3) is 0.133. The first-order chi connectivity index (χ1) is 8.66. The van der Waals surface area contributed by atoms with Gasteiger partial charge in [0, 0.05) is 10.0 Å². The minimum Gasteiger partial charge on any atom is -0.383 e. The Morgan fingerprint density at radius 2 is 1.67 bits per heavy atom. The van der Waals surface area contributed by atoms with Gasteiger partial charge in [0.15, 0.2) is 0 Å². The van der Waals surface area contributed by atoms with E-state index in [1.165, 1.54) is 0 Å². The summed E-state index contributed by atoms with van der Waals surface area (Å²) in [5, 5.41) is 0. The van der Waals surface area contributed by atoms with Gasteiger partial charge in [-0.05, 0) is 24.6 Å². The summed E-state index contributed by atoms with van der Waals surface area (Å²) in [5.74, 6) is 0.575. The van der Waals surface area contributed by atoms with Crippen LogP contribution in [0.25, 0.3) is 0 Å². The van der Waals surface area contributed by atoms with E-state index < -0.39 is 0 Å². The summed E-state index contributed by atoms with van der Waals surface area (Å²) in [6.45, 7) is 2.04. The normalized spacial score (nSPS) is 13.3. The molecule has 0 radical (unpaired) electrons. The fourth-order valence-electron chi connectivity index (χ4n) is 1.71. The standard InChI is InChI=1S/C15H15BrN2/c1-11(12-7-9-14(16)10-8-12)18-15(17)13-5-3-2-4-6-13/h2-11H,1H3,(H2,17,18). The lowest BCUT2D eigenvalue weighted by molar-refractivity contribution is 0.818. The van der Waals surface area contributed by atoms with Crippen molar-refractivity contribution >= 4 is 21.8 Å². The number of rotatable bonds is 3. The van der Waals surface area contributed by atoms with Gasteiger partial charge in [-0.25, -0.2) is 0 Å². The molecule has 0 aromatic heterocycles. The second-order valence-corrected chi connectivity index (χ2v) is 5.02. The molecule has 18 heavy (non-hydrogen) atoms. The zero-order valence-corrected chi connectivity index (χ0v) is 11.8. The summed E-state index contributed by atoms with van der Waals surface area (Å²) in [6, 6.07) is 18.0. The Hall–Kier alpha value is -1.61. The fourth-order valence-corrected chi connectivity index (χ4v) is 1.97. The van der Waals surface area contributed by atoms with Crippen molar-refractivity contribution in [2.24, 2.45) is 10.7 Å². The first-order valence-electron chi connectivity index (χ1n) is 5.81. The minimum absolute atomic E-state index is 0.0540. The summed E-state index contributed by atoms with van der Waals surface area (Å²) in [7, 11) is 0. The van der Waals surface area contributed by atoms with Crippen LogP contribution in [0.2, 0.25) is 0 Å². The smallest absolute Gasteiger partial charge is 0.126 e. The maximum atomic E-state index is 6.00. The van der Waals surface area contributed by atoms with E-state index in [2.05, 4.69) is 33.1 Å². The van der Waals surface area contributed by atoms with Gasteiger partial charge in [-0.1, -0.05) is 58.4 Å². The van der Waals surface area contributed by atoms with Gasteiger partial charge in [0.1, 0.15) is 5.84 Å². The molecule has 92 valence electrons. The van der Waals surface area contributed by atoms with Crippen LogP contribution in [0.5, 0.6) is 0 Å². The predicted octanol–water partition coefficient (Wildman–Crippen LogP) is 3.92. The van der Waals surface area contributed by atoms with Gasteiger partial charge in [0.25, 0.3) is 0 Å².